The standard InChI is InChI=1S/C15H11ClF3NO3/c1-2-22-14(21)12-11(16)7-8-20-13(12)9-3-5-10(6-4-9)23-15(17,18)19/h3-8H,2H2,1H3. The van der Waals surface area contributed by atoms with Crippen LogP contribution in [0.1, 0.15) is 17.3 Å². The van der Waals surface area contributed by atoms with Crippen molar-refractivity contribution in [2.45, 2.75) is 13.3 Å². The van der Waals surface area contributed by atoms with Gasteiger partial charge in [0.05, 0.1) is 17.3 Å². The molecule has 0 amide bonds. The molecule has 2 aromatic rings. The molecule has 122 valence electrons. The molecule has 0 spiro atoms. The highest BCUT2D eigenvalue weighted by atomic mass is 35.5. The van der Waals surface area contributed by atoms with Crippen molar-refractivity contribution in [3.05, 3.63) is 47.1 Å². The van der Waals surface area contributed by atoms with E-state index in [0.29, 0.717) is 5.56 Å². The van der Waals surface area contributed by atoms with E-state index in [0.717, 1.165) is 12.1 Å². The van der Waals surface area contributed by atoms with Gasteiger partial charge in [-0.15, -0.1) is 13.2 Å². The summed E-state index contributed by atoms with van der Waals surface area (Å²) < 4.78 is 45.2. The van der Waals surface area contributed by atoms with Gasteiger partial charge in [0.2, 0.25) is 0 Å². The third-order valence-corrected chi connectivity index (χ3v) is 3.06. The third-order valence-electron chi connectivity index (χ3n) is 2.74. The van der Waals surface area contributed by atoms with Gasteiger partial charge in [-0.05, 0) is 37.3 Å². The molecule has 0 bridgehead atoms. The van der Waals surface area contributed by atoms with Crippen LogP contribution in [0.4, 0.5) is 13.2 Å². The topological polar surface area (TPSA) is 48.4 Å². The van der Waals surface area contributed by atoms with Crippen LogP contribution in [0, 0.1) is 0 Å². The predicted octanol–water partition coefficient (Wildman–Crippen LogP) is 4.48. The molecule has 8 heteroatoms. The zero-order valence-electron chi connectivity index (χ0n) is 11.9. The Morgan fingerprint density at radius 1 is 1.22 bits per heavy atom. The van der Waals surface area contributed by atoms with Crippen LogP contribution in [-0.4, -0.2) is 23.9 Å². The van der Waals surface area contributed by atoms with Crippen molar-refractivity contribution in [1.29, 1.82) is 0 Å². The molecule has 1 heterocycles. The highest BCUT2D eigenvalue weighted by Crippen LogP contribution is 2.30. The van der Waals surface area contributed by atoms with E-state index in [9.17, 15) is 18.0 Å². The van der Waals surface area contributed by atoms with Crippen molar-refractivity contribution >= 4 is 17.6 Å². The summed E-state index contributed by atoms with van der Waals surface area (Å²) in [5, 5.41) is 0.143. The van der Waals surface area contributed by atoms with Crippen molar-refractivity contribution in [1.82, 2.24) is 4.98 Å². The first kappa shape index (κ1) is 17.1. The van der Waals surface area contributed by atoms with Crippen molar-refractivity contribution in [3.8, 4) is 17.0 Å². The van der Waals surface area contributed by atoms with E-state index in [4.69, 9.17) is 16.3 Å². The van der Waals surface area contributed by atoms with E-state index in [1.807, 2.05) is 0 Å². The smallest absolute Gasteiger partial charge is 0.462 e. The molecule has 1 aromatic carbocycles. The molecule has 4 nitrogen and oxygen atoms in total. The number of benzene rings is 1. The highest BCUT2D eigenvalue weighted by molar-refractivity contribution is 6.34. The van der Waals surface area contributed by atoms with Gasteiger partial charge in [-0.25, -0.2) is 4.79 Å². The summed E-state index contributed by atoms with van der Waals surface area (Å²) in [5.41, 5.74) is 0.681. The zero-order valence-corrected chi connectivity index (χ0v) is 12.6. The minimum Gasteiger partial charge on any atom is -0.462 e. The number of hydrogen-bond donors (Lipinski definition) is 0. The first-order valence-corrected chi connectivity index (χ1v) is 6.87. The fourth-order valence-corrected chi connectivity index (χ4v) is 2.09. The van der Waals surface area contributed by atoms with Gasteiger partial charge in [-0.3, -0.25) is 4.98 Å². The molecule has 23 heavy (non-hydrogen) atoms. The van der Waals surface area contributed by atoms with Gasteiger partial charge in [0, 0.05) is 11.8 Å². The maximum atomic E-state index is 12.2. The summed E-state index contributed by atoms with van der Waals surface area (Å²) >= 11 is 6.01. The van der Waals surface area contributed by atoms with Crippen LogP contribution in [0.25, 0.3) is 11.3 Å². The van der Waals surface area contributed by atoms with Gasteiger partial charge < -0.3 is 9.47 Å². The van der Waals surface area contributed by atoms with Gasteiger partial charge in [-0.2, -0.15) is 0 Å². The van der Waals surface area contributed by atoms with E-state index >= 15 is 0 Å². The van der Waals surface area contributed by atoms with Gasteiger partial charge >= 0.3 is 12.3 Å². The van der Waals surface area contributed by atoms with E-state index in [-0.39, 0.29) is 28.6 Å². The van der Waals surface area contributed by atoms with Crippen LogP contribution in [-0.2, 0) is 4.74 Å². The lowest BCUT2D eigenvalue weighted by Gasteiger charge is -2.11. The quantitative estimate of drug-likeness (QED) is 0.767. The monoisotopic (exact) mass is 345 g/mol. The fraction of sp³-hybridized carbons (Fsp3) is 0.200. The molecule has 0 unspecified atom stereocenters. The summed E-state index contributed by atoms with van der Waals surface area (Å²) in [6.45, 7) is 1.80. The second kappa shape index (κ2) is 6.87. The number of hydrogen-bond acceptors (Lipinski definition) is 4. The number of carbonyl (C=O) groups excluding carboxylic acids is 1. The average Bonchev–Trinajstić information content (AvgIpc) is 2.46. The molecule has 0 aliphatic carbocycles. The van der Waals surface area contributed by atoms with E-state index in [2.05, 4.69) is 9.72 Å². The van der Waals surface area contributed by atoms with Crippen LogP contribution in [0.2, 0.25) is 5.02 Å². The van der Waals surface area contributed by atoms with Crippen molar-refractivity contribution < 1.29 is 27.4 Å². The van der Waals surface area contributed by atoms with Crippen LogP contribution in [0.15, 0.2) is 36.5 Å². The number of pyridine rings is 1. The lowest BCUT2D eigenvalue weighted by atomic mass is 10.1. The Bertz CT molecular complexity index is 702. The van der Waals surface area contributed by atoms with Crippen molar-refractivity contribution in [2.24, 2.45) is 0 Å². The van der Waals surface area contributed by atoms with Gasteiger partial charge in [0.15, 0.2) is 0 Å². The minimum atomic E-state index is -4.77. The van der Waals surface area contributed by atoms with Crippen LogP contribution < -0.4 is 4.74 Å². The lowest BCUT2D eigenvalue weighted by molar-refractivity contribution is -0.274. The van der Waals surface area contributed by atoms with Crippen molar-refractivity contribution in [2.75, 3.05) is 6.61 Å². The Kier molecular flexibility index (Phi) is 5.10. The fourth-order valence-electron chi connectivity index (χ4n) is 1.87. The Morgan fingerprint density at radius 2 is 1.87 bits per heavy atom. The summed E-state index contributed by atoms with van der Waals surface area (Å²) in [6.07, 6.45) is -3.38. The molecule has 0 atom stereocenters. The first-order chi connectivity index (χ1) is 10.8. The Labute approximate surface area is 134 Å². The van der Waals surface area contributed by atoms with Crippen LogP contribution in [0.5, 0.6) is 5.75 Å². The second-order valence-corrected chi connectivity index (χ2v) is 4.72. The SMILES string of the molecule is CCOC(=O)c1c(Cl)ccnc1-c1ccc(OC(F)(F)F)cc1. The summed E-state index contributed by atoms with van der Waals surface area (Å²) in [7, 11) is 0. The molecule has 2 rings (SSSR count). The van der Waals surface area contributed by atoms with E-state index < -0.39 is 12.3 Å². The Morgan fingerprint density at radius 3 is 2.43 bits per heavy atom. The van der Waals surface area contributed by atoms with Gasteiger partial charge in [0.1, 0.15) is 11.3 Å². The number of esters is 1. The molecular weight excluding hydrogens is 335 g/mol. The largest absolute Gasteiger partial charge is 0.573 e. The number of rotatable bonds is 4. The number of alkyl halides is 3. The summed E-state index contributed by atoms with van der Waals surface area (Å²) in [6, 6.07) is 6.38. The molecular formula is C15H11ClF3NO3. The number of ether oxygens (including phenoxy) is 2. The molecule has 0 radical (unpaired) electrons. The molecule has 1 aromatic heterocycles. The number of carbonyl (C=O) groups is 1. The van der Waals surface area contributed by atoms with E-state index in [1.54, 1.807) is 6.92 Å². The molecule has 0 aliphatic rings. The number of nitrogens with zero attached hydrogens (tertiary/aromatic N) is 1. The summed E-state index contributed by atoms with van der Waals surface area (Å²) in [4.78, 5) is 16.1. The minimum absolute atomic E-state index is 0.0560. The normalized spacial score (nSPS) is 11.2. The predicted molar refractivity (Wildman–Crippen MR) is 77.3 cm³/mol. The average molecular weight is 346 g/mol. The number of halogens is 4. The highest BCUT2D eigenvalue weighted by Gasteiger charge is 2.31. The Balaban J connectivity index is 2.39. The van der Waals surface area contributed by atoms with Crippen LogP contribution in [0.3, 0.4) is 0 Å². The first-order valence-electron chi connectivity index (χ1n) is 6.49. The number of aromatic nitrogens is 1. The second-order valence-electron chi connectivity index (χ2n) is 4.31. The maximum absolute atomic E-state index is 12.2. The van der Waals surface area contributed by atoms with Gasteiger partial charge in [-0.1, -0.05) is 11.6 Å². The van der Waals surface area contributed by atoms with Gasteiger partial charge in [0.25, 0.3) is 0 Å². The molecule has 0 N–H and O–H groups in total. The lowest BCUT2D eigenvalue weighted by Crippen LogP contribution is -2.17. The third kappa shape index (κ3) is 4.35. The van der Waals surface area contributed by atoms with Crippen molar-refractivity contribution in [3.63, 3.8) is 0 Å². The van der Waals surface area contributed by atoms with Crippen LogP contribution >= 0.6 is 11.6 Å². The van der Waals surface area contributed by atoms with E-state index in [1.165, 1.54) is 24.4 Å². The maximum Gasteiger partial charge on any atom is 0.573 e. The molecule has 0 saturated heterocycles. The summed E-state index contributed by atoms with van der Waals surface area (Å²) in [5.74, 6) is -1.03. The molecule has 0 aliphatic heterocycles. The zero-order chi connectivity index (χ0) is 17.0. The Hall–Kier alpha value is -2.28. The molecule has 0 fully saturated rings. The molecule has 0 saturated carbocycles.